The van der Waals surface area contributed by atoms with Gasteiger partial charge in [0.05, 0.1) is 12.6 Å². The minimum absolute atomic E-state index is 0.0197. The molecule has 1 atom stereocenters. The van der Waals surface area contributed by atoms with Crippen molar-refractivity contribution in [2.45, 2.75) is 25.9 Å². The highest BCUT2D eigenvalue weighted by Gasteiger charge is 2.31. The van der Waals surface area contributed by atoms with Gasteiger partial charge in [0.15, 0.2) is 5.82 Å². The fraction of sp³-hybridized carbons (Fsp3) is 0.700. The van der Waals surface area contributed by atoms with Crippen molar-refractivity contribution in [3.8, 4) is 0 Å². The molecular weight excluding hydrogens is 206 g/mol. The van der Waals surface area contributed by atoms with Crippen molar-refractivity contribution in [3.05, 3.63) is 12.2 Å². The van der Waals surface area contributed by atoms with Crippen LogP contribution in [0.15, 0.2) is 6.33 Å². The van der Waals surface area contributed by atoms with Crippen LogP contribution in [0.25, 0.3) is 0 Å². The van der Waals surface area contributed by atoms with Crippen LogP contribution >= 0.6 is 0 Å². The van der Waals surface area contributed by atoms with Gasteiger partial charge in [-0.2, -0.15) is 5.10 Å². The maximum Gasteiger partial charge on any atom is 0.240 e. The second-order valence-corrected chi connectivity index (χ2v) is 3.99. The Kier molecular flexibility index (Phi) is 3.19. The highest BCUT2D eigenvalue weighted by Crippen LogP contribution is 2.13. The first-order chi connectivity index (χ1) is 7.70. The second-order valence-electron chi connectivity index (χ2n) is 3.99. The number of aromatic nitrogens is 3. The molecule has 1 unspecified atom stereocenters. The largest absolute Gasteiger partial charge is 0.334 e. The van der Waals surface area contributed by atoms with Gasteiger partial charge in [-0.05, 0) is 13.0 Å². The predicted octanol–water partition coefficient (Wildman–Crippen LogP) is -0.474. The SMILES string of the molecule is CCNC1CCN(Cc2ncn(C)n2)C1=O. The molecular formula is C10H17N5O. The van der Waals surface area contributed by atoms with E-state index < -0.39 is 0 Å². The molecule has 0 bridgehead atoms. The predicted molar refractivity (Wildman–Crippen MR) is 58.5 cm³/mol. The summed E-state index contributed by atoms with van der Waals surface area (Å²) in [5.74, 6) is 0.863. The zero-order valence-corrected chi connectivity index (χ0v) is 9.68. The summed E-state index contributed by atoms with van der Waals surface area (Å²) >= 11 is 0. The zero-order valence-electron chi connectivity index (χ0n) is 9.68. The number of carbonyl (C=O) groups is 1. The lowest BCUT2D eigenvalue weighted by Crippen LogP contribution is -2.38. The molecule has 1 fully saturated rings. The Morgan fingerprint density at radius 1 is 1.62 bits per heavy atom. The highest BCUT2D eigenvalue weighted by molar-refractivity contribution is 5.83. The molecule has 2 rings (SSSR count). The number of nitrogens with zero attached hydrogens (tertiary/aromatic N) is 4. The number of likely N-dealkylation sites (tertiary alicyclic amines) is 1. The van der Waals surface area contributed by atoms with Gasteiger partial charge in [0.2, 0.25) is 5.91 Å². The molecule has 0 aliphatic carbocycles. The third kappa shape index (κ3) is 2.21. The Hall–Kier alpha value is -1.43. The van der Waals surface area contributed by atoms with Crippen molar-refractivity contribution in [2.24, 2.45) is 7.05 Å². The molecule has 88 valence electrons. The van der Waals surface area contributed by atoms with Crippen LogP contribution in [0.5, 0.6) is 0 Å². The lowest BCUT2D eigenvalue weighted by Gasteiger charge is -2.14. The molecule has 0 radical (unpaired) electrons. The molecule has 16 heavy (non-hydrogen) atoms. The van der Waals surface area contributed by atoms with E-state index in [-0.39, 0.29) is 11.9 Å². The lowest BCUT2D eigenvalue weighted by molar-refractivity contribution is -0.130. The summed E-state index contributed by atoms with van der Waals surface area (Å²) in [5.41, 5.74) is 0. The maximum atomic E-state index is 11.9. The third-order valence-electron chi connectivity index (χ3n) is 2.73. The smallest absolute Gasteiger partial charge is 0.240 e. The van der Waals surface area contributed by atoms with E-state index in [0.29, 0.717) is 12.4 Å². The number of carbonyl (C=O) groups excluding carboxylic acids is 1. The van der Waals surface area contributed by atoms with Crippen molar-refractivity contribution in [1.82, 2.24) is 25.0 Å². The first kappa shape index (κ1) is 11.1. The number of rotatable bonds is 4. The van der Waals surface area contributed by atoms with Crippen LogP contribution in [0, 0.1) is 0 Å². The summed E-state index contributed by atoms with van der Waals surface area (Å²) < 4.78 is 1.65. The minimum atomic E-state index is -0.0197. The van der Waals surface area contributed by atoms with Gasteiger partial charge in [-0.25, -0.2) is 4.98 Å². The Labute approximate surface area is 94.6 Å². The standard InChI is InChI=1S/C10H17N5O/c1-3-11-8-4-5-15(10(8)16)6-9-12-7-14(2)13-9/h7-8,11H,3-6H2,1-2H3. The molecule has 1 aromatic rings. The molecule has 1 aromatic heterocycles. The number of hydrogen-bond donors (Lipinski definition) is 1. The topological polar surface area (TPSA) is 63.1 Å². The fourth-order valence-electron chi connectivity index (χ4n) is 1.96. The summed E-state index contributed by atoms with van der Waals surface area (Å²) in [6.45, 7) is 4.14. The Balaban J connectivity index is 1.94. The quantitative estimate of drug-likeness (QED) is 0.749. The van der Waals surface area contributed by atoms with E-state index in [9.17, 15) is 4.79 Å². The number of likely N-dealkylation sites (N-methyl/N-ethyl adjacent to an activating group) is 1. The summed E-state index contributed by atoms with van der Waals surface area (Å²) in [4.78, 5) is 17.8. The van der Waals surface area contributed by atoms with E-state index >= 15 is 0 Å². The normalized spacial score (nSPS) is 20.8. The van der Waals surface area contributed by atoms with Crippen molar-refractivity contribution >= 4 is 5.91 Å². The summed E-state index contributed by atoms with van der Waals surface area (Å²) in [6.07, 6.45) is 2.52. The highest BCUT2D eigenvalue weighted by atomic mass is 16.2. The van der Waals surface area contributed by atoms with E-state index in [0.717, 1.165) is 19.5 Å². The number of hydrogen-bond acceptors (Lipinski definition) is 4. The summed E-state index contributed by atoms with van der Waals surface area (Å²) in [6, 6.07) is -0.0197. The summed E-state index contributed by atoms with van der Waals surface area (Å²) in [7, 11) is 1.82. The molecule has 1 aliphatic heterocycles. The van der Waals surface area contributed by atoms with Gasteiger partial charge in [-0.3, -0.25) is 9.48 Å². The van der Waals surface area contributed by atoms with Crippen LogP contribution in [-0.4, -0.2) is 44.7 Å². The van der Waals surface area contributed by atoms with Crippen molar-refractivity contribution in [1.29, 1.82) is 0 Å². The van der Waals surface area contributed by atoms with Crippen molar-refractivity contribution in [3.63, 3.8) is 0 Å². The average Bonchev–Trinajstić information content (AvgIpc) is 2.80. The maximum absolute atomic E-state index is 11.9. The van der Waals surface area contributed by atoms with E-state index in [1.807, 2.05) is 18.9 Å². The molecule has 0 spiro atoms. The van der Waals surface area contributed by atoms with Gasteiger partial charge >= 0.3 is 0 Å². The molecule has 0 aromatic carbocycles. The van der Waals surface area contributed by atoms with Gasteiger partial charge in [0.25, 0.3) is 0 Å². The van der Waals surface area contributed by atoms with Crippen LogP contribution in [0.3, 0.4) is 0 Å². The molecule has 2 heterocycles. The second kappa shape index (κ2) is 4.61. The molecule has 1 aliphatic rings. The van der Waals surface area contributed by atoms with Crippen LogP contribution in [-0.2, 0) is 18.4 Å². The van der Waals surface area contributed by atoms with Crippen LogP contribution in [0.2, 0.25) is 0 Å². The first-order valence-corrected chi connectivity index (χ1v) is 5.57. The van der Waals surface area contributed by atoms with Crippen LogP contribution in [0.4, 0.5) is 0 Å². The Bertz CT molecular complexity index is 375. The molecule has 1 N–H and O–H groups in total. The number of amides is 1. The van der Waals surface area contributed by atoms with Gasteiger partial charge in [0, 0.05) is 13.6 Å². The van der Waals surface area contributed by atoms with E-state index in [4.69, 9.17) is 0 Å². The molecule has 6 nitrogen and oxygen atoms in total. The number of aryl methyl sites for hydroxylation is 1. The van der Waals surface area contributed by atoms with E-state index in [2.05, 4.69) is 15.4 Å². The monoisotopic (exact) mass is 223 g/mol. The Morgan fingerprint density at radius 2 is 2.44 bits per heavy atom. The fourth-order valence-corrected chi connectivity index (χ4v) is 1.96. The Morgan fingerprint density at radius 3 is 3.06 bits per heavy atom. The third-order valence-corrected chi connectivity index (χ3v) is 2.73. The van der Waals surface area contributed by atoms with Gasteiger partial charge in [0.1, 0.15) is 6.33 Å². The van der Waals surface area contributed by atoms with Crippen molar-refractivity contribution in [2.75, 3.05) is 13.1 Å². The number of nitrogens with one attached hydrogen (secondary N) is 1. The van der Waals surface area contributed by atoms with Gasteiger partial charge < -0.3 is 10.2 Å². The van der Waals surface area contributed by atoms with E-state index in [1.54, 1.807) is 11.0 Å². The van der Waals surface area contributed by atoms with Crippen LogP contribution in [0.1, 0.15) is 19.2 Å². The van der Waals surface area contributed by atoms with Crippen molar-refractivity contribution < 1.29 is 4.79 Å². The zero-order chi connectivity index (χ0) is 11.5. The lowest BCUT2D eigenvalue weighted by atomic mass is 10.2. The van der Waals surface area contributed by atoms with E-state index in [1.165, 1.54) is 0 Å². The van der Waals surface area contributed by atoms with Crippen LogP contribution < -0.4 is 5.32 Å². The first-order valence-electron chi connectivity index (χ1n) is 5.57. The molecule has 1 amide bonds. The van der Waals surface area contributed by atoms with Gasteiger partial charge in [-0.1, -0.05) is 6.92 Å². The minimum Gasteiger partial charge on any atom is -0.334 e. The average molecular weight is 223 g/mol. The molecule has 6 heteroatoms. The molecule has 0 saturated carbocycles. The molecule has 1 saturated heterocycles. The van der Waals surface area contributed by atoms with Gasteiger partial charge in [-0.15, -0.1) is 0 Å². The summed E-state index contributed by atoms with van der Waals surface area (Å²) in [5, 5.41) is 7.35.